The molecule has 1 aromatic heterocycles. The van der Waals surface area contributed by atoms with Gasteiger partial charge < -0.3 is 19.2 Å². The number of nitrogens with one attached hydrogen (secondary N) is 1. The second kappa shape index (κ2) is 7.66. The monoisotopic (exact) mass is 298 g/mol. The predicted octanol–water partition coefficient (Wildman–Crippen LogP) is 2.31. The van der Waals surface area contributed by atoms with Crippen LogP contribution >= 0.6 is 0 Å². The van der Waals surface area contributed by atoms with Gasteiger partial charge in [0.25, 0.3) is 0 Å². The SMILES string of the molecule is CCOC(=O)c1ncoc1CCCNC(=O)OC(C)(C)C. The van der Waals surface area contributed by atoms with Gasteiger partial charge in [0.1, 0.15) is 11.4 Å². The number of hydrogen-bond donors (Lipinski definition) is 1. The lowest BCUT2D eigenvalue weighted by Gasteiger charge is -2.19. The van der Waals surface area contributed by atoms with Crippen LogP contribution in [0, 0.1) is 0 Å². The van der Waals surface area contributed by atoms with Crippen LogP contribution in [0.15, 0.2) is 10.8 Å². The largest absolute Gasteiger partial charge is 0.461 e. The topological polar surface area (TPSA) is 90.7 Å². The summed E-state index contributed by atoms with van der Waals surface area (Å²) in [5.74, 6) is -0.0409. The molecule has 0 saturated heterocycles. The first-order valence-electron chi connectivity index (χ1n) is 6.90. The van der Waals surface area contributed by atoms with Gasteiger partial charge in [0.2, 0.25) is 0 Å². The van der Waals surface area contributed by atoms with Crippen LogP contribution in [0.1, 0.15) is 50.4 Å². The van der Waals surface area contributed by atoms with E-state index < -0.39 is 17.7 Å². The number of aryl methyl sites for hydroxylation is 1. The van der Waals surface area contributed by atoms with E-state index in [1.807, 2.05) is 0 Å². The van der Waals surface area contributed by atoms with E-state index in [4.69, 9.17) is 13.9 Å². The minimum atomic E-state index is -0.522. The number of aromatic nitrogens is 1. The molecule has 0 saturated carbocycles. The lowest BCUT2D eigenvalue weighted by molar-refractivity contribution is 0.0508. The van der Waals surface area contributed by atoms with Gasteiger partial charge in [0, 0.05) is 13.0 Å². The summed E-state index contributed by atoms with van der Waals surface area (Å²) in [6.07, 6.45) is 1.82. The fourth-order valence-electron chi connectivity index (χ4n) is 1.57. The Morgan fingerprint density at radius 2 is 2.10 bits per heavy atom. The van der Waals surface area contributed by atoms with E-state index in [-0.39, 0.29) is 12.3 Å². The van der Waals surface area contributed by atoms with Crippen LogP contribution in [-0.4, -0.2) is 35.8 Å². The molecule has 0 atom stereocenters. The summed E-state index contributed by atoms with van der Waals surface area (Å²) < 4.78 is 15.1. The van der Waals surface area contributed by atoms with Crippen LogP contribution < -0.4 is 5.32 Å². The number of alkyl carbamates (subject to hydrolysis) is 1. The molecule has 0 bridgehead atoms. The van der Waals surface area contributed by atoms with Crippen LogP contribution in [0.2, 0.25) is 0 Å². The second-order valence-electron chi connectivity index (χ2n) is 5.38. The van der Waals surface area contributed by atoms with Crippen molar-refractivity contribution in [2.45, 2.75) is 46.1 Å². The van der Waals surface area contributed by atoms with Gasteiger partial charge in [-0.3, -0.25) is 0 Å². The molecule has 1 amide bonds. The smallest absolute Gasteiger partial charge is 0.407 e. The van der Waals surface area contributed by atoms with Gasteiger partial charge >= 0.3 is 12.1 Å². The first-order valence-corrected chi connectivity index (χ1v) is 6.90. The molecule has 1 rings (SSSR count). The Morgan fingerprint density at radius 1 is 1.38 bits per heavy atom. The molecule has 21 heavy (non-hydrogen) atoms. The maximum atomic E-state index is 11.6. The molecule has 0 fully saturated rings. The molecule has 0 unspecified atom stereocenters. The average molecular weight is 298 g/mol. The van der Waals surface area contributed by atoms with Gasteiger partial charge in [0.15, 0.2) is 12.1 Å². The van der Waals surface area contributed by atoms with E-state index >= 15 is 0 Å². The molecular weight excluding hydrogens is 276 g/mol. The lowest BCUT2D eigenvalue weighted by atomic mass is 10.2. The van der Waals surface area contributed by atoms with Gasteiger partial charge in [-0.05, 0) is 34.1 Å². The van der Waals surface area contributed by atoms with Crippen molar-refractivity contribution in [3.63, 3.8) is 0 Å². The zero-order valence-electron chi connectivity index (χ0n) is 12.9. The maximum absolute atomic E-state index is 11.6. The average Bonchev–Trinajstić information content (AvgIpc) is 2.81. The summed E-state index contributed by atoms with van der Waals surface area (Å²) in [7, 11) is 0. The van der Waals surface area contributed by atoms with Crippen LogP contribution in [0.25, 0.3) is 0 Å². The van der Waals surface area contributed by atoms with Gasteiger partial charge in [-0.15, -0.1) is 0 Å². The number of esters is 1. The lowest BCUT2D eigenvalue weighted by Crippen LogP contribution is -2.33. The van der Waals surface area contributed by atoms with E-state index in [2.05, 4.69) is 10.3 Å². The van der Waals surface area contributed by atoms with E-state index in [1.54, 1.807) is 27.7 Å². The third-order valence-corrected chi connectivity index (χ3v) is 2.36. The Labute approximate surface area is 124 Å². The highest BCUT2D eigenvalue weighted by Crippen LogP contribution is 2.11. The zero-order valence-corrected chi connectivity index (χ0v) is 12.9. The number of carbonyl (C=O) groups excluding carboxylic acids is 2. The van der Waals surface area contributed by atoms with Crippen molar-refractivity contribution in [2.75, 3.05) is 13.2 Å². The number of carbonyl (C=O) groups is 2. The fraction of sp³-hybridized carbons (Fsp3) is 0.643. The van der Waals surface area contributed by atoms with Crippen molar-refractivity contribution in [3.05, 3.63) is 17.8 Å². The molecule has 1 N–H and O–H groups in total. The van der Waals surface area contributed by atoms with E-state index in [0.29, 0.717) is 25.1 Å². The predicted molar refractivity (Wildman–Crippen MR) is 75.0 cm³/mol. The number of amides is 1. The highest BCUT2D eigenvalue weighted by Gasteiger charge is 2.18. The normalized spacial score (nSPS) is 11.0. The quantitative estimate of drug-likeness (QED) is 0.640. The van der Waals surface area contributed by atoms with E-state index in [1.165, 1.54) is 6.39 Å². The Balaban J connectivity index is 2.35. The van der Waals surface area contributed by atoms with Crippen LogP contribution in [0.4, 0.5) is 4.79 Å². The molecule has 1 aromatic rings. The number of oxazole rings is 1. The summed E-state index contributed by atoms with van der Waals surface area (Å²) in [6, 6.07) is 0. The van der Waals surface area contributed by atoms with Crippen molar-refractivity contribution in [1.82, 2.24) is 10.3 Å². The summed E-state index contributed by atoms with van der Waals surface area (Å²) in [5.41, 5.74) is -0.333. The molecule has 7 heteroatoms. The summed E-state index contributed by atoms with van der Waals surface area (Å²) in [5, 5.41) is 2.64. The third kappa shape index (κ3) is 6.29. The Kier molecular flexibility index (Phi) is 6.20. The van der Waals surface area contributed by atoms with E-state index in [9.17, 15) is 9.59 Å². The van der Waals surface area contributed by atoms with Crippen molar-refractivity contribution in [2.24, 2.45) is 0 Å². The standard InChI is InChI=1S/C14H22N2O5/c1-5-19-12(17)11-10(20-9-16-11)7-6-8-15-13(18)21-14(2,3)4/h9H,5-8H2,1-4H3,(H,15,18). The van der Waals surface area contributed by atoms with Crippen molar-refractivity contribution >= 4 is 12.1 Å². The molecule has 1 heterocycles. The van der Waals surface area contributed by atoms with Crippen LogP contribution in [0.3, 0.4) is 0 Å². The van der Waals surface area contributed by atoms with Gasteiger partial charge in [0.05, 0.1) is 6.61 Å². The van der Waals surface area contributed by atoms with Gasteiger partial charge in [-0.2, -0.15) is 0 Å². The van der Waals surface area contributed by atoms with Crippen molar-refractivity contribution < 1.29 is 23.5 Å². The number of nitrogens with zero attached hydrogens (tertiary/aromatic N) is 1. The molecule has 118 valence electrons. The van der Waals surface area contributed by atoms with Crippen LogP contribution in [0.5, 0.6) is 0 Å². The molecule has 0 aliphatic carbocycles. The highest BCUT2D eigenvalue weighted by atomic mass is 16.6. The van der Waals surface area contributed by atoms with Crippen LogP contribution in [-0.2, 0) is 15.9 Å². The molecular formula is C14H22N2O5. The molecule has 7 nitrogen and oxygen atoms in total. The minimum Gasteiger partial charge on any atom is -0.461 e. The summed E-state index contributed by atoms with van der Waals surface area (Å²) in [6.45, 7) is 7.82. The van der Waals surface area contributed by atoms with Gasteiger partial charge in [-0.1, -0.05) is 0 Å². The molecule has 0 aromatic carbocycles. The third-order valence-electron chi connectivity index (χ3n) is 2.36. The fourth-order valence-corrected chi connectivity index (χ4v) is 1.57. The first-order chi connectivity index (χ1) is 9.83. The molecule has 0 aliphatic rings. The number of rotatable bonds is 6. The van der Waals surface area contributed by atoms with Crippen molar-refractivity contribution in [3.8, 4) is 0 Å². The highest BCUT2D eigenvalue weighted by molar-refractivity contribution is 5.88. The summed E-state index contributed by atoms with van der Waals surface area (Å²) >= 11 is 0. The Hall–Kier alpha value is -2.05. The molecule has 0 radical (unpaired) electrons. The first kappa shape index (κ1) is 17.0. The maximum Gasteiger partial charge on any atom is 0.407 e. The van der Waals surface area contributed by atoms with E-state index in [0.717, 1.165) is 0 Å². The summed E-state index contributed by atoms with van der Waals surface area (Å²) in [4.78, 5) is 26.9. The number of hydrogen-bond acceptors (Lipinski definition) is 6. The number of ether oxygens (including phenoxy) is 2. The van der Waals surface area contributed by atoms with Crippen molar-refractivity contribution in [1.29, 1.82) is 0 Å². The minimum absolute atomic E-state index is 0.189. The molecule has 0 aliphatic heterocycles. The Bertz CT molecular complexity index is 476. The van der Waals surface area contributed by atoms with Gasteiger partial charge in [-0.25, -0.2) is 14.6 Å². The molecule has 0 spiro atoms. The zero-order chi connectivity index (χ0) is 15.9. The second-order valence-corrected chi connectivity index (χ2v) is 5.38. The Morgan fingerprint density at radius 3 is 2.71 bits per heavy atom.